The summed E-state index contributed by atoms with van der Waals surface area (Å²) in [5, 5.41) is 3.14. The fraction of sp³-hybridized carbons (Fsp3) is 0.917. The molecule has 1 heterocycles. The number of hydrogen-bond acceptors (Lipinski definition) is 3. The molecule has 0 aromatic heterocycles. The van der Waals surface area contributed by atoms with Crippen LogP contribution in [0.25, 0.3) is 0 Å². The molecule has 0 spiro atoms. The molecule has 4 nitrogen and oxygen atoms in total. The van der Waals surface area contributed by atoms with Gasteiger partial charge in [0.05, 0.1) is 19.3 Å². The van der Waals surface area contributed by atoms with Gasteiger partial charge in [0.15, 0.2) is 0 Å². The number of carbonyl (C=O) groups excluding carboxylic acids is 1. The van der Waals surface area contributed by atoms with Crippen LogP contribution in [0.15, 0.2) is 0 Å². The molecule has 1 saturated heterocycles. The van der Waals surface area contributed by atoms with Crippen LogP contribution in [0.5, 0.6) is 0 Å². The molecule has 4 heteroatoms. The number of likely N-dealkylation sites (N-methyl/N-ethyl adjacent to an activating group) is 1. The van der Waals surface area contributed by atoms with Gasteiger partial charge in [0.25, 0.3) is 0 Å². The first-order valence-corrected chi connectivity index (χ1v) is 6.35. The summed E-state index contributed by atoms with van der Waals surface area (Å²) in [6.07, 6.45) is 4.61. The molecule has 1 atom stereocenters. The Kier molecular flexibility index (Phi) is 4.18. The summed E-state index contributed by atoms with van der Waals surface area (Å²) in [5.74, 6) is 0.651. The predicted molar refractivity (Wildman–Crippen MR) is 62.2 cm³/mol. The summed E-state index contributed by atoms with van der Waals surface area (Å²) in [4.78, 5) is 14.4. The van der Waals surface area contributed by atoms with Gasteiger partial charge in [-0.05, 0) is 19.9 Å². The van der Waals surface area contributed by atoms with E-state index in [0.717, 1.165) is 25.9 Å². The maximum atomic E-state index is 12.3. The molecule has 2 rings (SSSR count). The quantitative estimate of drug-likeness (QED) is 0.767. The van der Waals surface area contributed by atoms with Crippen LogP contribution >= 0.6 is 0 Å². The minimum absolute atomic E-state index is 0.229. The Morgan fingerprint density at radius 1 is 1.44 bits per heavy atom. The first-order chi connectivity index (χ1) is 7.83. The van der Waals surface area contributed by atoms with Crippen LogP contribution in [0.3, 0.4) is 0 Å². The standard InChI is InChI=1S/C12H22N2O2/c1-13-8-11-9-16-7-6-14(11)12(15)10-4-2-3-5-10/h10-11,13H,2-9H2,1H3. The van der Waals surface area contributed by atoms with Crippen molar-refractivity contribution in [2.45, 2.75) is 31.7 Å². The molecule has 1 aliphatic heterocycles. The van der Waals surface area contributed by atoms with Crippen molar-refractivity contribution in [3.05, 3.63) is 0 Å². The fourth-order valence-electron chi connectivity index (χ4n) is 2.76. The molecule has 0 aromatic rings. The molecule has 92 valence electrons. The molecule has 1 amide bonds. The lowest BCUT2D eigenvalue weighted by Gasteiger charge is -2.37. The Bertz CT molecular complexity index is 237. The number of amides is 1. The average Bonchev–Trinajstić information content (AvgIpc) is 2.83. The van der Waals surface area contributed by atoms with Crippen molar-refractivity contribution < 1.29 is 9.53 Å². The van der Waals surface area contributed by atoms with E-state index in [1.807, 2.05) is 11.9 Å². The van der Waals surface area contributed by atoms with Crippen molar-refractivity contribution in [2.75, 3.05) is 33.4 Å². The summed E-state index contributed by atoms with van der Waals surface area (Å²) in [6.45, 7) is 2.97. The van der Waals surface area contributed by atoms with Crippen LogP contribution in [-0.4, -0.2) is 50.2 Å². The van der Waals surface area contributed by atoms with Crippen molar-refractivity contribution in [3.63, 3.8) is 0 Å². The van der Waals surface area contributed by atoms with Crippen LogP contribution in [0.4, 0.5) is 0 Å². The number of nitrogens with one attached hydrogen (secondary N) is 1. The summed E-state index contributed by atoms with van der Waals surface area (Å²) in [7, 11) is 1.92. The number of morpholine rings is 1. The second-order valence-electron chi connectivity index (χ2n) is 4.80. The predicted octanol–water partition coefficient (Wildman–Crippen LogP) is 0.623. The first-order valence-electron chi connectivity index (χ1n) is 6.35. The lowest BCUT2D eigenvalue weighted by Crippen LogP contribution is -2.53. The molecule has 2 fully saturated rings. The third-order valence-electron chi connectivity index (χ3n) is 3.65. The van der Waals surface area contributed by atoms with E-state index in [-0.39, 0.29) is 12.0 Å². The van der Waals surface area contributed by atoms with Crippen LogP contribution in [0.1, 0.15) is 25.7 Å². The molecule has 0 bridgehead atoms. The molecule has 0 aromatic carbocycles. The molecule has 0 radical (unpaired) electrons. The normalized spacial score (nSPS) is 27.3. The van der Waals surface area contributed by atoms with Crippen LogP contribution in [-0.2, 0) is 9.53 Å². The zero-order chi connectivity index (χ0) is 11.4. The topological polar surface area (TPSA) is 41.6 Å². The summed E-state index contributed by atoms with van der Waals surface area (Å²) in [6, 6.07) is 0.229. The Labute approximate surface area is 97.3 Å². The summed E-state index contributed by atoms with van der Waals surface area (Å²) >= 11 is 0. The van der Waals surface area contributed by atoms with E-state index in [0.29, 0.717) is 19.1 Å². The van der Waals surface area contributed by atoms with Gasteiger partial charge in [-0.15, -0.1) is 0 Å². The lowest BCUT2D eigenvalue weighted by atomic mass is 10.0. The highest BCUT2D eigenvalue weighted by Crippen LogP contribution is 2.27. The van der Waals surface area contributed by atoms with Crippen molar-refractivity contribution in [1.29, 1.82) is 0 Å². The highest BCUT2D eigenvalue weighted by Gasteiger charge is 2.32. The van der Waals surface area contributed by atoms with E-state index in [2.05, 4.69) is 5.32 Å². The van der Waals surface area contributed by atoms with Crippen molar-refractivity contribution >= 4 is 5.91 Å². The zero-order valence-corrected chi connectivity index (χ0v) is 10.1. The Morgan fingerprint density at radius 2 is 2.19 bits per heavy atom. The summed E-state index contributed by atoms with van der Waals surface area (Å²) in [5.41, 5.74) is 0. The number of carbonyl (C=O) groups is 1. The van der Waals surface area contributed by atoms with Crippen LogP contribution in [0.2, 0.25) is 0 Å². The zero-order valence-electron chi connectivity index (χ0n) is 10.1. The largest absolute Gasteiger partial charge is 0.377 e. The van der Waals surface area contributed by atoms with Crippen LogP contribution < -0.4 is 5.32 Å². The van der Waals surface area contributed by atoms with Gasteiger partial charge in [-0.3, -0.25) is 4.79 Å². The van der Waals surface area contributed by atoms with Crippen molar-refractivity contribution in [2.24, 2.45) is 5.92 Å². The van der Waals surface area contributed by atoms with Gasteiger partial charge in [-0.2, -0.15) is 0 Å². The van der Waals surface area contributed by atoms with E-state index in [4.69, 9.17) is 4.74 Å². The van der Waals surface area contributed by atoms with Gasteiger partial charge in [-0.25, -0.2) is 0 Å². The second-order valence-corrected chi connectivity index (χ2v) is 4.80. The maximum Gasteiger partial charge on any atom is 0.226 e. The van der Waals surface area contributed by atoms with Gasteiger partial charge < -0.3 is 15.0 Å². The highest BCUT2D eigenvalue weighted by atomic mass is 16.5. The minimum atomic E-state index is 0.229. The molecule has 1 aliphatic carbocycles. The van der Waals surface area contributed by atoms with E-state index >= 15 is 0 Å². The van der Waals surface area contributed by atoms with Crippen LogP contribution in [0, 0.1) is 5.92 Å². The monoisotopic (exact) mass is 226 g/mol. The Morgan fingerprint density at radius 3 is 2.88 bits per heavy atom. The molecule has 1 saturated carbocycles. The summed E-state index contributed by atoms with van der Waals surface area (Å²) < 4.78 is 5.44. The van der Waals surface area contributed by atoms with Gasteiger partial charge in [0.1, 0.15) is 0 Å². The van der Waals surface area contributed by atoms with Crippen molar-refractivity contribution in [1.82, 2.24) is 10.2 Å². The average molecular weight is 226 g/mol. The fourth-order valence-corrected chi connectivity index (χ4v) is 2.76. The number of nitrogens with zero attached hydrogens (tertiary/aromatic N) is 1. The smallest absolute Gasteiger partial charge is 0.226 e. The molecular weight excluding hydrogens is 204 g/mol. The van der Waals surface area contributed by atoms with Gasteiger partial charge in [0.2, 0.25) is 5.91 Å². The number of hydrogen-bond donors (Lipinski definition) is 1. The van der Waals surface area contributed by atoms with E-state index < -0.39 is 0 Å². The Hall–Kier alpha value is -0.610. The molecule has 16 heavy (non-hydrogen) atoms. The minimum Gasteiger partial charge on any atom is -0.377 e. The van der Waals surface area contributed by atoms with E-state index in [1.165, 1.54) is 12.8 Å². The lowest BCUT2D eigenvalue weighted by molar-refractivity contribution is -0.143. The molecule has 1 unspecified atom stereocenters. The number of rotatable bonds is 3. The number of ether oxygens (including phenoxy) is 1. The van der Waals surface area contributed by atoms with E-state index in [1.54, 1.807) is 0 Å². The third-order valence-corrected chi connectivity index (χ3v) is 3.65. The maximum absolute atomic E-state index is 12.3. The second kappa shape index (κ2) is 5.64. The van der Waals surface area contributed by atoms with Gasteiger partial charge >= 0.3 is 0 Å². The first kappa shape index (κ1) is 11.9. The van der Waals surface area contributed by atoms with Gasteiger partial charge in [0, 0.05) is 19.0 Å². The van der Waals surface area contributed by atoms with E-state index in [9.17, 15) is 4.79 Å². The molecular formula is C12H22N2O2. The van der Waals surface area contributed by atoms with Gasteiger partial charge in [-0.1, -0.05) is 12.8 Å². The Balaban J connectivity index is 1.95. The molecule has 1 N–H and O–H groups in total. The third kappa shape index (κ3) is 2.55. The highest BCUT2D eigenvalue weighted by molar-refractivity contribution is 5.79. The molecule has 2 aliphatic rings. The van der Waals surface area contributed by atoms with Crippen molar-refractivity contribution in [3.8, 4) is 0 Å². The SMILES string of the molecule is CNCC1COCCN1C(=O)C1CCCC1.